The zero-order chi connectivity index (χ0) is 16.0. The minimum atomic E-state index is -3.48. The lowest BCUT2D eigenvalue weighted by Gasteiger charge is -2.25. The molecule has 0 bridgehead atoms. The topological polar surface area (TPSA) is 49.4 Å². The van der Waals surface area contributed by atoms with E-state index in [0.717, 1.165) is 18.5 Å². The third-order valence-corrected chi connectivity index (χ3v) is 5.65. The standard InChI is InChI=1S/C15H25ClN2O2S/c1-5-9-18(12(3)4)21(19,20)14-7-8-15(16)13(10-14)11-17-6-2/h7-8,10,12,17H,5-6,9,11H2,1-4H3. The molecule has 0 fully saturated rings. The highest BCUT2D eigenvalue weighted by molar-refractivity contribution is 7.89. The molecule has 0 saturated carbocycles. The lowest BCUT2D eigenvalue weighted by molar-refractivity contribution is 0.354. The highest BCUT2D eigenvalue weighted by Crippen LogP contribution is 2.24. The van der Waals surface area contributed by atoms with Gasteiger partial charge in [-0.15, -0.1) is 0 Å². The van der Waals surface area contributed by atoms with Crippen LogP contribution in [0.2, 0.25) is 5.02 Å². The summed E-state index contributed by atoms with van der Waals surface area (Å²) in [6, 6.07) is 4.84. The van der Waals surface area contributed by atoms with Gasteiger partial charge in [-0.3, -0.25) is 0 Å². The summed E-state index contributed by atoms with van der Waals surface area (Å²) in [5.74, 6) is 0. The summed E-state index contributed by atoms with van der Waals surface area (Å²) in [4.78, 5) is 0.307. The Hall–Kier alpha value is -0.620. The number of nitrogens with one attached hydrogen (secondary N) is 1. The van der Waals surface area contributed by atoms with Crippen LogP contribution < -0.4 is 5.32 Å². The first-order valence-electron chi connectivity index (χ1n) is 7.35. The summed E-state index contributed by atoms with van der Waals surface area (Å²) >= 11 is 6.14. The van der Waals surface area contributed by atoms with Gasteiger partial charge in [-0.25, -0.2) is 8.42 Å². The summed E-state index contributed by atoms with van der Waals surface area (Å²) in [6.07, 6.45) is 0.787. The van der Waals surface area contributed by atoms with Crippen molar-refractivity contribution in [3.8, 4) is 0 Å². The molecule has 0 heterocycles. The Bertz CT molecular complexity index is 559. The molecule has 21 heavy (non-hydrogen) atoms. The van der Waals surface area contributed by atoms with Gasteiger partial charge in [0.1, 0.15) is 0 Å². The monoisotopic (exact) mass is 332 g/mol. The molecule has 4 nitrogen and oxygen atoms in total. The van der Waals surface area contributed by atoms with Gasteiger partial charge in [0, 0.05) is 24.2 Å². The van der Waals surface area contributed by atoms with Gasteiger partial charge in [0.2, 0.25) is 10.0 Å². The Balaban J connectivity index is 3.18. The maximum atomic E-state index is 12.8. The summed E-state index contributed by atoms with van der Waals surface area (Å²) in [5, 5.41) is 3.75. The van der Waals surface area contributed by atoms with Gasteiger partial charge in [0.25, 0.3) is 0 Å². The SMILES string of the molecule is CCCN(C(C)C)S(=O)(=O)c1ccc(Cl)c(CNCC)c1. The van der Waals surface area contributed by atoms with Crippen molar-refractivity contribution in [3.05, 3.63) is 28.8 Å². The van der Waals surface area contributed by atoms with Crippen LogP contribution in [0.25, 0.3) is 0 Å². The van der Waals surface area contributed by atoms with Crippen LogP contribution in [0.3, 0.4) is 0 Å². The number of rotatable bonds is 8. The van der Waals surface area contributed by atoms with Crippen LogP contribution in [0.1, 0.15) is 39.7 Å². The molecule has 120 valence electrons. The second-order valence-electron chi connectivity index (χ2n) is 5.24. The van der Waals surface area contributed by atoms with Gasteiger partial charge in [-0.1, -0.05) is 25.4 Å². The fourth-order valence-electron chi connectivity index (χ4n) is 2.12. The normalized spacial score (nSPS) is 12.3. The molecule has 0 radical (unpaired) electrons. The Morgan fingerprint density at radius 2 is 1.95 bits per heavy atom. The average molecular weight is 333 g/mol. The molecule has 1 rings (SSSR count). The van der Waals surface area contributed by atoms with E-state index in [9.17, 15) is 8.42 Å². The number of sulfonamides is 1. The molecule has 0 saturated heterocycles. The molecule has 0 aromatic heterocycles. The molecule has 1 aromatic carbocycles. The van der Waals surface area contributed by atoms with E-state index in [1.807, 2.05) is 27.7 Å². The van der Waals surface area contributed by atoms with E-state index in [2.05, 4.69) is 5.32 Å². The Morgan fingerprint density at radius 1 is 1.29 bits per heavy atom. The van der Waals surface area contributed by atoms with E-state index in [1.54, 1.807) is 18.2 Å². The second kappa shape index (κ2) is 8.13. The first-order chi connectivity index (χ1) is 9.84. The predicted molar refractivity (Wildman–Crippen MR) is 88.2 cm³/mol. The zero-order valence-corrected chi connectivity index (χ0v) is 14.8. The molecule has 0 aliphatic rings. The van der Waals surface area contributed by atoms with Gasteiger partial charge < -0.3 is 5.32 Å². The van der Waals surface area contributed by atoms with Crippen LogP contribution in [-0.2, 0) is 16.6 Å². The summed E-state index contributed by atoms with van der Waals surface area (Å²) in [7, 11) is -3.48. The predicted octanol–water partition coefficient (Wildman–Crippen LogP) is 3.26. The second-order valence-corrected chi connectivity index (χ2v) is 7.54. The molecule has 0 aliphatic heterocycles. The van der Waals surface area contributed by atoms with Crippen molar-refractivity contribution < 1.29 is 8.42 Å². The summed E-state index contributed by atoms with van der Waals surface area (Å²) in [6.45, 7) is 9.64. The third kappa shape index (κ3) is 4.68. The lowest BCUT2D eigenvalue weighted by atomic mass is 10.2. The zero-order valence-electron chi connectivity index (χ0n) is 13.2. The van der Waals surface area contributed by atoms with Gasteiger partial charge in [0.15, 0.2) is 0 Å². The largest absolute Gasteiger partial charge is 0.313 e. The molecule has 0 atom stereocenters. The maximum absolute atomic E-state index is 12.8. The summed E-state index contributed by atoms with van der Waals surface area (Å²) in [5.41, 5.74) is 0.805. The number of hydrogen-bond donors (Lipinski definition) is 1. The number of halogens is 1. The molecule has 1 aromatic rings. The first-order valence-corrected chi connectivity index (χ1v) is 9.17. The maximum Gasteiger partial charge on any atom is 0.243 e. The van der Waals surface area contributed by atoms with Gasteiger partial charge >= 0.3 is 0 Å². The van der Waals surface area contributed by atoms with E-state index in [4.69, 9.17) is 11.6 Å². The van der Waals surface area contributed by atoms with E-state index < -0.39 is 10.0 Å². The quantitative estimate of drug-likeness (QED) is 0.795. The van der Waals surface area contributed by atoms with Crippen LogP contribution in [0.4, 0.5) is 0 Å². The Kier molecular flexibility index (Phi) is 7.13. The highest BCUT2D eigenvalue weighted by Gasteiger charge is 2.26. The Labute approximate surface area is 133 Å². The van der Waals surface area contributed by atoms with Crippen molar-refractivity contribution in [1.29, 1.82) is 0 Å². The molecule has 6 heteroatoms. The van der Waals surface area contributed by atoms with Crippen LogP contribution in [0.5, 0.6) is 0 Å². The molecular weight excluding hydrogens is 308 g/mol. The molecular formula is C15H25ClN2O2S. The molecule has 0 amide bonds. The van der Waals surface area contributed by atoms with E-state index in [0.29, 0.717) is 23.0 Å². The fraction of sp³-hybridized carbons (Fsp3) is 0.600. The summed E-state index contributed by atoms with van der Waals surface area (Å²) < 4.78 is 27.1. The lowest BCUT2D eigenvalue weighted by Crippen LogP contribution is -2.37. The number of nitrogens with zero attached hydrogens (tertiary/aromatic N) is 1. The van der Waals surface area contributed by atoms with Crippen molar-refractivity contribution in [2.45, 2.75) is 51.6 Å². The van der Waals surface area contributed by atoms with Crippen LogP contribution in [0, 0.1) is 0 Å². The van der Waals surface area contributed by atoms with Crippen molar-refractivity contribution in [1.82, 2.24) is 9.62 Å². The highest BCUT2D eigenvalue weighted by atomic mass is 35.5. The minimum absolute atomic E-state index is 0.0668. The van der Waals surface area contributed by atoms with Gasteiger partial charge in [-0.05, 0) is 50.6 Å². The number of benzene rings is 1. The molecule has 0 spiro atoms. The van der Waals surface area contributed by atoms with Gasteiger partial charge in [0.05, 0.1) is 4.90 Å². The van der Waals surface area contributed by atoms with Crippen molar-refractivity contribution in [2.24, 2.45) is 0 Å². The van der Waals surface area contributed by atoms with Crippen molar-refractivity contribution >= 4 is 21.6 Å². The van der Waals surface area contributed by atoms with Crippen LogP contribution >= 0.6 is 11.6 Å². The van der Waals surface area contributed by atoms with Crippen LogP contribution in [-0.4, -0.2) is 31.9 Å². The minimum Gasteiger partial charge on any atom is -0.313 e. The van der Waals surface area contributed by atoms with Crippen molar-refractivity contribution in [2.75, 3.05) is 13.1 Å². The van der Waals surface area contributed by atoms with Crippen molar-refractivity contribution in [3.63, 3.8) is 0 Å². The molecule has 0 unspecified atom stereocenters. The Morgan fingerprint density at radius 3 is 2.48 bits per heavy atom. The average Bonchev–Trinajstić information content (AvgIpc) is 2.43. The van der Waals surface area contributed by atoms with E-state index >= 15 is 0 Å². The number of hydrogen-bond acceptors (Lipinski definition) is 3. The smallest absolute Gasteiger partial charge is 0.243 e. The van der Waals surface area contributed by atoms with E-state index in [-0.39, 0.29) is 6.04 Å². The fourth-order valence-corrected chi connectivity index (χ4v) is 4.08. The molecule has 0 aliphatic carbocycles. The van der Waals surface area contributed by atoms with E-state index in [1.165, 1.54) is 4.31 Å². The first kappa shape index (κ1) is 18.4. The third-order valence-electron chi connectivity index (χ3n) is 3.21. The van der Waals surface area contributed by atoms with Crippen LogP contribution in [0.15, 0.2) is 23.1 Å². The molecule has 1 N–H and O–H groups in total. The van der Waals surface area contributed by atoms with Gasteiger partial charge in [-0.2, -0.15) is 4.31 Å².